The minimum Gasteiger partial charge on any atom is -0.408 e. The van der Waals surface area contributed by atoms with E-state index >= 15 is 0 Å². The van der Waals surface area contributed by atoms with Crippen molar-refractivity contribution in [3.63, 3.8) is 0 Å². The van der Waals surface area contributed by atoms with E-state index in [0.717, 1.165) is 33.9 Å². The number of hydrogen-bond acceptors (Lipinski definition) is 3. The molecule has 0 N–H and O–H groups in total. The Kier molecular flexibility index (Phi) is 10.6. The maximum atomic E-state index is 6.88. The molecule has 3 nitrogen and oxygen atoms in total. The molecule has 248 valence electrons. The summed E-state index contributed by atoms with van der Waals surface area (Å²) in [6, 6.07) is 19.7. The molecule has 0 bridgehead atoms. The molecule has 3 aromatic carbocycles. The van der Waals surface area contributed by atoms with E-state index in [2.05, 4.69) is 172 Å². The summed E-state index contributed by atoms with van der Waals surface area (Å²) in [5, 5.41) is 0. The lowest BCUT2D eigenvalue weighted by Gasteiger charge is -2.31. The van der Waals surface area contributed by atoms with Gasteiger partial charge in [0, 0.05) is 16.7 Å². The zero-order chi connectivity index (χ0) is 34.3. The van der Waals surface area contributed by atoms with Crippen molar-refractivity contribution >= 4 is 8.60 Å². The summed E-state index contributed by atoms with van der Waals surface area (Å²) in [5.41, 5.74) is 6.90. The average molecular weight is 633 g/mol. The summed E-state index contributed by atoms with van der Waals surface area (Å²) >= 11 is 0. The van der Waals surface area contributed by atoms with Gasteiger partial charge in [-0.25, -0.2) is 0 Å². The van der Waals surface area contributed by atoms with Crippen molar-refractivity contribution in [2.75, 3.05) is 0 Å². The van der Waals surface area contributed by atoms with Crippen LogP contribution in [0.3, 0.4) is 0 Å². The highest BCUT2D eigenvalue weighted by Gasteiger charge is 2.32. The third kappa shape index (κ3) is 9.51. The number of hydrogen-bond donors (Lipinski definition) is 0. The van der Waals surface area contributed by atoms with Crippen LogP contribution in [0.1, 0.15) is 157 Å². The van der Waals surface area contributed by atoms with Crippen molar-refractivity contribution in [3.8, 4) is 17.2 Å². The van der Waals surface area contributed by atoms with Gasteiger partial charge >= 0.3 is 8.60 Å². The zero-order valence-electron chi connectivity index (χ0n) is 31.4. The molecule has 3 rings (SSSR count). The highest BCUT2D eigenvalue weighted by atomic mass is 31.2. The van der Waals surface area contributed by atoms with E-state index in [1.165, 1.54) is 16.7 Å². The zero-order valence-corrected chi connectivity index (χ0v) is 32.3. The molecule has 0 fully saturated rings. The average Bonchev–Trinajstić information content (AvgIpc) is 2.86. The van der Waals surface area contributed by atoms with Gasteiger partial charge in [0.1, 0.15) is 17.2 Å². The van der Waals surface area contributed by atoms with Crippen LogP contribution < -0.4 is 13.6 Å². The molecular weight excluding hydrogens is 571 g/mol. The number of rotatable bonds is 7. The molecule has 0 aliphatic carbocycles. The van der Waals surface area contributed by atoms with Crippen LogP contribution in [0.2, 0.25) is 0 Å². The van der Waals surface area contributed by atoms with Crippen LogP contribution >= 0.6 is 8.60 Å². The third-order valence-electron chi connectivity index (χ3n) is 8.30. The van der Waals surface area contributed by atoms with Crippen molar-refractivity contribution in [2.24, 2.45) is 0 Å². The van der Waals surface area contributed by atoms with Gasteiger partial charge < -0.3 is 13.6 Å². The van der Waals surface area contributed by atoms with Gasteiger partial charge in [0.15, 0.2) is 0 Å². The van der Waals surface area contributed by atoms with Crippen molar-refractivity contribution in [2.45, 2.75) is 151 Å². The molecule has 0 radical (unpaired) electrons. The van der Waals surface area contributed by atoms with Gasteiger partial charge in [0.25, 0.3) is 0 Å². The third-order valence-corrected chi connectivity index (χ3v) is 9.34. The van der Waals surface area contributed by atoms with E-state index in [4.69, 9.17) is 13.6 Å². The molecule has 0 spiro atoms. The van der Waals surface area contributed by atoms with Crippen molar-refractivity contribution < 1.29 is 13.6 Å². The molecule has 0 saturated carbocycles. The molecule has 0 heterocycles. The van der Waals surface area contributed by atoms with Crippen LogP contribution in [0.4, 0.5) is 0 Å². The molecule has 0 aliphatic heterocycles. The van der Waals surface area contributed by atoms with Crippen LogP contribution in [0, 0.1) is 0 Å². The minimum absolute atomic E-state index is 0.0203. The molecule has 0 aliphatic rings. The van der Waals surface area contributed by atoms with Crippen LogP contribution in [-0.2, 0) is 27.1 Å². The van der Waals surface area contributed by atoms with E-state index < -0.39 is 8.60 Å². The lowest BCUT2D eigenvalue weighted by molar-refractivity contribution is 0.372. The monoisotopic (exact) mass is 632 g/mol. The van der Waals surface area contributed by atoms with Gasteiger partial charge in [0.05, 0.1) is 0 Å². The fraction of sp³-hybridized carbons (Fsp3) is 0.561. The van der Waals surface area contributed by atoms with Crippen LogP contribution in [0.25, 0.3) is 0 Å². The smallest absolute Gasteiger partial charge is 0.408 e. The molecule has 45 heavy (non-hydrogen) atoms. The highest BCUT2D eigenvalue weighted by Crippen LogP contribution is 2.50. The van der Waals surface area contributed by atoms with E-state index in [1.807, 2.05) is 0 Å². The predicted octanol–water partition coefficient (Wildman–Crippen LogP) is 13.1. The van der Waals surface area contributed by atoms with Gasteiger partial charge in [0.2, 0.25) is 0 Å². The Morgan fingerprint density at radius 1 is 0.422 bits per heavy atom. The van der Waals surface area contributed by atoms with E-state index in [9.17, 15) is 0 Å². The van der Waals surface area contributed by atoms with Gasteiger partial charge in [-0.1, -0.05) is 154 Å². The molecule has 3 aromatic rings. The van der Waals surface area contributed by atoms with Crippen LogP contribution in [-0.4, -0.2) is 0 Å². The van der Waals surface area contributed by atoms with Gasteiger partial charge in [-0.15, -0.1) is 0 Å². The SMILES string of the molecule is CC(C)c1ccc(OP(Oc2ccc(C(C)(C)C)cc2C(C)(C)C)Oc2ccc(C(C)(C)C)cc2C(C)(C)C)c(C(C)(C)C)c1. The Morgan fingerprint density at radius 3 is 1.02 bits per heavy atom. The minimum atomic E-state index is -1.88. The first-order chi connectivity index (χ1) is 20.3. The van der Waals surface area contributed by atoms with Crippen molar-refractivity contribution in [1.29, 1.82) is 0 Å². The molecule has 0 amide bonds. The molecular formula is C41H61O3P. The molecule has 0 aromatic heterocycles. The Balaban J connectivity index is 2.22. The summed E-state index contributed by atoms with van der Waals surface area (Å²) in [6.07, 6.45) is 0. The fourth-order valence-electron chi connectivity index (χ4n) is 5.19. The van der Waals surface area contributed by atoms with Gasteiger partial charge in [-0.2, -0.15) is 0 Å². The Bertz CT molecular complexity index is 1390. The standard InChI is InChI=1S/C41H61O3P/c1-27(2)28-18-21-34(31(24-28)39(9,10)11)42-45(43-35-22-19-29(37(3,4)5)25-32(35)40(12,13)14)44-36-23-20-30(38(6,7)8)26-33(36)41(15,16)17/h18-27H,1-17H3. The van der Waals surface area contributed by atoms with E-state index in [-0.39, 0.29) is 27.1 Å². The maximum Gasteiger partial charge on any atom is 0.530 e. The quantitative estimate of drug-likeness (QED) is 0.243. The lowest BCUT2D eigenvalue weighted by Crippen LogP contribution is -2.19. The number of benzene rings is 3. The molecule has 0 saturated heterocycles. The van der Waals surface area contributed by atoms with Crippen molar-refractivity contribution in [3.05, 3.63) is 88.0 Å². The summed E-state index contributed by atoms with van der Waals surface area (Å²) in [7, 11) is -1.88. The Labute approximate surface area is 277 Å². The van der Waals surface area contributed by atoms with E-state index in [0.29, 0.717) is 5.92 Å². The predicted molar refractivity (Wildman–Crippen MR) is 196 cm³/mol. The topological polar surface area (TPSA) is 27.7 Å². The summed E-state index contributed by atoms with van der Waals surface area (Å²) in [5.74, 6) is 2.80. The second kappa shape index (κ2) is 12.9. The second-order valence-corrected chi connectivity index (χ2v) is 19.1. The maximum absolute atomic E-state index is 6.88. The lowest BCUT2D eigenvalue weighted by atomic mass is 9.80. The summed E-state index contributed by atoms with van der Waals surface area (Å²) < 4.78 is 20.6. The van der Waals surface area contributed by atoms with Crippen LogP contribution in [0.5, 0.6) is 17.2 Å². The fourth-order valence-corrected chi connectivity index (χ4v) is 6.26. The molecule has 0 unspecified atom stereocenters. The first-order valence-corrected chi connectivity index (χ1v) is 17.7. The van der Waals surface area contributed by atoms with Crippen molar-refractivity contribution in [1.82, 2.24) is 0 Å². The highest BCUT2D eigenvalue weighted by molar-refractivity contribution is 7.43. The van der Waals surface area contributed by atoms with Gasteiger partial charge in [-0.3, -0.25) is 0 Å². The molecule has 0 atom stereocenters. The normalized spacial score (nSPS) is 13.4. The van der Waals surface area contributed by atoms with Crippen LogP contribution in [0.15, 0.2) is 54.6 Å². The first kappa shape index (κ1) is 37.0. The summed E-state index contributed by atoms with van der Waals surface area (Å²) in [4.78, 5) is 0. The second-order valence-electron chi connectivity index (χ2n) is 18.1. The molecule has 4 heteroatoms. The Hall–Kier alpha value is -2.51. The Morgan fingerprint density at radius 2 is 0.733 bits per heavy atom. The van der Waals surface area contributed by atoms with Gasteiger partial charge in [-0.05, 0) is 67.9 Å². The van der Waals surface area contributed by atoms with E-state index in [1.54, 1.807) is 0 Å². The summed E-state index contributed by atoms with van der Waals surface area (Å²) in [6.45, 7) is 38.0. The largest absolute Gasteiger partial charge is 0.530 e. The first-order valence-electron chi connectivity index (χ1n) is 16.6.